The van der Waals surface area contributed by atoms with Crippen LogP contribution in [-0.2, 0) is 10.8 Å². The predicted octanol–water partition coefficient (Wildman–Crippen LogP) is 32.9. The summed E-state index contributed by atoms with van der Waals surface area (Å²) in [6, 6.07) is 162. The third-order valence-electron chi connectivity index (χ3n) is 29.5. The van der Waals surface area contributed by atoms with Crippen LogP contribution in [0, 0.1) is 0 Å². The van der Waals surface area contributed by atoms with Gasteiger partial charge in [0.25, 0.3) is 0 Å². The molecule has 0 unspecified atom stereocenters. The number of benzene rings is 20. The quantitative estimate of drug-likeness (QED) is 0.126. The molecule has 26 aromatic rings. The summed E-state index contributed by atoms with van der Waals surface area (Å²) in [6.45, 7) is 0. The van der Waals surface area contributed by atoms with E-state index in [0.29, 0.717) is 34.9 Å². The summed E-state index contributed by atoms with van der Waals surface area (Å²) in [5.74, 6) is 6.47. The molecule has 2 aliphatic heterocycles. The van der Waals surface area contributed by atoms with E-state index in [1.165, 1.54) is 72.9 Å². The SMILES string of the molecule is c1ccc(-c2nc(-c3cccc(-c4cccc(-c5nc(-c6ccccc6)nc(-c6cccc7c6-c6cc(-c8cc9sc%10ccccc%10c9c9c8c8ccccc8n9-c8ccccc8)ccc6C76c7ccccc7Oc7ccccc76)n5)c4)c3)nc(-c3cccc4c3-c3cc(-c5ccc6c(c5)c5ccc7sc8ccccc8c7c5n6-c5ccccc5)ccc3C43c4ccccc4Oc4ccccc43)n2)cc1. The highest BCUT2D eigenvalue weighted by molar-refractivity contribution is 7.26. The number of aromatic nitrogens is 8. The smallest absolute Gasteiger partial charge is 0.164 e. The first-order valence-electron chi connectivity index (χ1n) is 47.4. The Kier molecular flexibility index (Phi) is 17.0. The van der Waals surface area contributed by atoms with E-state index in [1.807, 2.05) is 46.9 Å². The van der Waals surface area contributed by atoms with E-state index in [-0.39, 0.29) is 0 Å². The van der Waals surface area contributed by atoms with E-state index < -0.39 is 10.8 Å². The first-order chi connectivity index (χ1) is 69.4. The number of hydrogen-bond acceptors (Lipinski definition) is 10. The highest BCUT2D eigenvalue weighted by atomic mass is 32.1. The molecule has 0 saturated heterocycles. The van der Waals surface area contributed by atoms with Crippen LogP contribution in [0.15, 0.2) is 449 Å². The van der Waals surface area contributed by atoms with Gasteiger partial charge in [-0.15, -0.1) is 22.7 Å². The second-order valence-corrected chi connectivity index (χ2v) is 39.0. The van der Waals surface area contributed by atoms with Gasteiger partial charge < -0.3 is 18.6 Å². The number of hydrogen-bond donors (Lipinski definition) is 0. The Balaban J connectivity index is 0.579. The van der Waals surface area contributed by atoms with Crippen molar-refractivity contribution in [3.63, 3.8) is 0 Å². The molecule has 2 spiro atoms. The summed E-state index contributed by atoms with van der Waals surface area (Å²) in [6.07, 6.45) is 0. The standard InChI is InChI=1S/C128H74N8O2S2/c1-5-31-75(32-6-1)121-129-123(133-125(131-121)90-46-29-52-102-114(90)94-72-79(61-65-96(94)127(102)98-48-16-21-55-106(98)137-107-56-22-17-49-99(107)127)80-63-67-105-93(71-80)86-64-68-112-117(88-44-14-25-59-110(88)139-112)119(86)135(105)84-39-9-3-10-40-84)82-37-27-35-77(69-82)78-36-28-38-83(70-78)124-130-122(76-33-7-2-8-34-76)132-126(134-124)91-47-30-53-103-115(91)95-73-81(62-66-97(95)128(103)100-50-18-23-57-108(100)138-109-58-24-19-51-101(109)128)92-74-113-118(89-45-15-26-60-111(89)140-113)120-116(92)87-43-13-20-54-104(87)136(120)85-41-11-4-12-42-85/h1-74H. The fourth-order valence-electron chi connectivity index (χ4n) is 23.8. The molecule has 20 aromatic carbocycles. The van der Waals surface area contributed by atoms with Gasteiger partial charge in [-0.25, -0.2) is 29.9 Å². The second-order valence-electron chi connectivity index (χ2n) is 36.8. The maximum Gasteiger partial charge on any atom is 0.164 e. The number of nitrogens with zero attached hydrogens (tertiary/aromatic N) is 8. The molecule has 12 heteroatoms. The maximum atomic E-state index is 7.00. The van der Waals surface area contributed by atoms with Crippen molar-refractivity contribution in [1.82, 2.24) is 39.0 Å². The normalized spacial score (nSPS) is 13.2. The van der Waals surface area contributed by atoms with Crippen LogP contribution in [0.1, 0.15) is 44.5 Å². The average Bonchev–Trinajstić information content (AvgIpc) is 1.51. The van der Waals surface area contributed by atoms with Crippen LogP contribution in [0.4, 0.5) is 0 Å². The van der Waals surface area contributed by atoms with E-state index in [1.54, 1.807) is 0 Å². The Morgan fingerprint density at radius 2 is 0.564 bits per heavy atom. The summed E-state index contributed by atoms with van der Waals surface area (Å²) in [5.41, 5.74) is 29.7. The number of ether oxygens (including phenoxy) is 2. The molecular weight excluding hydrogens is 1750 g/mol. The molecule has 140 heavy (non-hydrogen) atoms. The van der Waals surface area contributed by atoms with Gasteiger partial charge in [0.05, 0.1) is 32.9 Å². The third-order valence-corrected chi connectivity index (χ3v) is 31.8. The van der Waals surface area contributed by atoms with Gasteiger partial charge in [0.1, 0.15) is 23.0 Å². The van der Waals surface area contributed by atoms with E-state index in [2.05, 4.69) is 434 Å². The lowest BCUT2D eigenvalue weighted by Gasteiger charge is -2.39. The Labute approximate surface area is 811 Å². The van der Waals surface area contributed by atoms with Gasteiger partial charge in [-0.1, -0.05) is 334 Å². The molecule has 10 nitrogen and oxygen atoms in total. The third kappa shape index (κ3) is 11.4. The fraction of sp³-hybridized carbons (Fsp3) is 0.0156. The summed E-state index contributed by atoms with van der Waals surface area (Å²) >= 11 is 3.71. The minimum atomic E-state index is -0.832. The first-order valence-corrected chi connectivity index (χ1v) is 49.1. The largest absolute Gasteiger partial charge is 0.457 e. The molecule has 0 fully saturated rings. The van der Waals surface area contributed by atoms with Crippen LogP contribution in [-0.4, -0.2) is 39.0 Å². The van der Waals surface area contributed by atoms with Crippen molar-refractivity contribution in [2.24, 2.45) is 0 Å². The van der Waals surface area contributed by atoms with Crippen LogP contribution in [0.2, 0.25) is 0 Å². The van der Waals surface area contributed by atoms with Crippen LogP contribution >= 0.6 is 22.7 Å². The van der Waals surface area contributed by atoms with Gasteiger partial charge in [-0.2, -0.15) is 0 Å². The summed E-state index contributed by atoms with van der Waals surface area (Å²) in [7, 11) is 0. The summed E-state index contributed by atoms with van der Waals surface area (Å²) < 4.78 is 23.9. The molecule has 0 N–H and O–H groups in total. The molecule has 0 atom stereocenters. The van der Waals surface area contributed by atoms with E-state index in [0.717, 1.165) is 179 Å². The zero-order valence-corrected chi connectivity index (χ0v) is 76.6. The van der Waals surface area contributed by atoms with Crippen molar-refractivity contribution >= 4 is 107 Å². The average molecular weight is 1820 g/mol. The molecule has 4 aliphatic rings. The highest BCUT2D eigenvalue weighted by Crippen LogP contribution is 2.67. The van der Waals surface area contributed by atoms with Crippen molar-refractivity contribution in [3.05, 3.63) is 493 Å². The van der Waals surface area contributed by atoms with Gasteiger partial charge >= 0.3 is 0 Å². The van der Waals surface area contributed by atoms with Crippen molar-refractivity contribution in [1.29, 1.82) is 0 Å². The second kappa shape index (κ2) is 30.3. The molecule has 0 bridgehead atoms. The van der Waals surface area contributed by atoms with Gasteiger partial charge in [0, 0.05) is 129 Å². The van der Waals surface area contributed by atoms with Gasteiger partial charge in [-0.3, -0.25) is 0 Å². The Morgan fingerprint density at radius 1 is 0.193 bits per heavy atom. The van der Waals surface area contributed by atoms with Crippen molar-refractivity contribution in [2.75, 3.05) is 0 Å². The molecule has 6 aromatic heterocycles. The lowest BCUT2D eigenvalue weighted by Crippen LogP contribution is -2.32. The predicted molar refractivity (Wildman–Crippen MR) is 571 cm³/mol. The zero-order valence-electron chi connectivity index (χ0n) is 74.9. The van der Waals surface area contributed by atoms with Gasteiger partial charge in [-0.05, 0) is 193 Å². The molecule has 30 rings (SSSR count). The fourth-order valence-corrected chi connectivity index (χ4v) is 26.0. The van der Waals surface area contributed by atoms with Gasteiger partial charge in [0.2, 0.25) is 0 Å². The van der Waals surface area contributed by atoms with E-state index in [4.69, 9.17) is 39.4 Å². The van der Waals surface area contributed by atoms with Crippen LogP contribution < -0.4 is 9.47 Å². The maximum absolute atomic E-state index is 7.00. The highest BCUT2D eigenvalue weighted by Gasteiger charge is 2.54. The number of para-hydroxylation sites is 7. The van der Waals surface area contributed by atoms with Gasteiger partial charge in [0.15, 0.2) is 34.9 Å². The molecule has 0 radical (unpaired) electrons. The van der Waals surface area contributed by atoms with Crippen molar-refractivity contribution in [3.8, 4) is 158 Å². The van der Waals surface area contributed by atoms with Crippen LogP contribution in [0.5, 0.6) is 23.0 Å². The Hall–Kier alpha value is -17.9. The number of thiophene rings is 2. The molecule has 0 amide bonds. The number of rotatable bonds is 11. The molecule has 0 saturated carbocycles. The van der Waals surface area contributed by atoms with Crippen molar-refractivity contribution in [2.45, 2.75) is 10.8 Å². The topological polar surface area (TPSA) is 106 Å². The molecule has 8 heterocycles. The van der Waals surface area contributed by atoms with Crippen molar-refractivity contribution < 1.29 is 9.47 Å². The van der Waals surface area contributed by atoms with E-state index >= 15 is 0 Å². The Bertz CT molecular complexity index is 9710. The monoisotopic (exact) mass is 1820 g/mol. The molecule has 650 valence electrons. The lowest BCUT2D eigenvalue weighted by atomic mass is 9.66. The summed E-state index contributed by atoms with van der Waals surface area (Å²) in [5, 5.41) is 9.80. The first kappa shape index (κ1) is 78.4. The lowest BCUT2D eigenvalue weighted by molar-refractivity contribution is 0.436. The summed E-state index contributed by atoms with van der Waals surface area (Å²) in [4.78, 5) is 33.8. The zero-order chi connectivity index (χ0) is 91.6. The Morgan fingerprint density at radius 3 is 1.09 bits per heavy atom. The molecule has 2 aliphatic carbocycles. The van der Waals surface area contributed by atoms with Crippen LogP contribution in [0.25, 0.3) is 219 Å². The van der Waals surface area contributed by atoms with Crippen LogP contribution in [0.3, 0.4) is 0 Å². The minimum Gasteiger partial charge on any atom is -0.457 e. The molecular formula is C128H74N8O2S2. The minimum absolute atomic E-state index is 0.525. The number of fused-ring (bicyclic) bond motifs is 32. The van der Waals surface area contributed by atoms with E-state index in [9.17, 15) is 0 Å².